The number of ketones is 2. The summed E-state index contributed by atoms with van der Waals surface area (Å²) < 4.78 is 0. The minimum absolute atomic E-state index is 0.0305. The zero-order valence-electron chi connectivity index (χ0n) is 17.7. The topological polar surface area (TPSA) is 34.1 Å². The van der Waals surface area contributed by atoms with Gasteiger partial charge in [0.2, 0.25) is 0 Å². The summed E-state index contributed by atoms with van der Waals surface area (Å²) in [5.41, 5.74) is 1.97. The van der Waals surface area contributed by atoms with E-state index in [1.807, 2.05) is 12.1 Å². The summed E-state index contributed by atoms with van der Waals surface area (Å²) in [6.45, 7) is 4.45. The molecule has 0 heterocycles. The molecule has 0 aromatic heterocycles. The number of benzene rings is 1. The molecule has 0 aliphatic rings. The molecule has 152 valence electrons. The van der Waals surface area contributed by atoms with Crippen molar-refractivity contribution in [2.24, 2.45) is 0 Å². The molecule has 0 atom stereocenters. The molecule has 0 fully saturated rings. The van der Waals surface area contributed by atoms with Gasteiger partial charge in [0.1, 0.15) is 5.78 Å². The van der Waals surface area contributed by atoms with Crippen molar-refractivity contribution < 1.29 is 9.59 Å². The van der Waals surface area contributed by atoms with Gasteiger partial charge in [-0.1, -0.05) is 102 Å². The lowest BCUT2D eigenvalue weighted by atomic mass is 9.99. The lowest BCUT2D eigenvalue weighted by Gasteiger charge is -2.05. The third kappa shape index (κ3) is 11.8. The van der Waals surface area contributed by atoms with Gasteiger partial charge in [0.25, 0.3) is 0 Å². The first-order chi connectivity index (χ1) is 13.2. The van der Waals surface area contributed by atoms with Gasteiger partial charge in [-0.15, -0.1) is 0 Å². The maximum absolute atomic E-state index is 12.3. The molecule has 0 aliphatic heterocycles. The van der Waals surface area contributed by atoms with E-state index in [9.17, 15) is 9.59 Å². The molecule has 0 saturated heterocycles. The van der Waals surface area contributed by atoms with Gasteiger partial charge >= 0.3 is 0 Å². The normalized spacial score (nSPS) is 10.9. The molecule has 2 nitrogen and oxygen atoms in total. The third-order valence-electron chi connectivity index (χ3n) is 5.26. The Morgan fingerprint density at radius 2 is 1.19 bits per heavy atom. The van der Waals surface area contributed by atoms with E-state index >= 15 is 0 Å². The van der Waals surface area contributed by atoms with Crippen molar-refractivity contribution in [3.63, 3.8) is 0 Å². The largest absolute Gasteiger partial charge is 0.299 e. The first-order valence-electron chi connectivity index (χ1n) is 11.3. The van der Waals surface area contributed by atoms with Crippen LogP contribution in [-0.4, -0.2) is 11.6 Å². The van der Waals surface area contributed by atoms with Gasteiger partial charge < -0.3 is 0 Å². The Balaban J connectivity index is 2.21. The van der Waals surface area contributed by atoms with Crippen molar-refractivity contribution in [1.82, 2.24) is 0 Å². The summed E-state index contributed by atoms with van der Waals surface area (Å²) >= 11 is 0. The number of carbonyl (C=O) groups excluding carboxylic acids is 2. The van der Waals surface area contributed by atoms with Gasteiger partial charge in [0.05, 0.1) is 6.42 Å². The molecule has 0 amide bonds. The summed E-state index contributed by atoms with van der Waals surface area (Å²) in [6, 6.07) is 7.90. The van der Waals surface area contributed by atoms with Crippen LogP contribution >= 0.6 is 0 Å². The fourth-order valence-electron chi connectivity index (χ4n) is 3.44. The van der Waals surface area contributed by atoms with Crippen molar-refractivity contribution >= 4 is 11.6 Å². The summed E-state index contributed by atoms with van der Waals surface area (Å²) in [6.07, 6.45) is 16.5. The van der Waals surface area contributed by atoms with E-state index in [0.29, 0.717) is 12.0 Å². The SMILES string of the molecule is CCCCCCCCC(=O)CC(=O)c1ccc(CCCCCCCC)cc1. The smallest absolute Gasteiger partial charge is 0.170 e. The molecule has 1 aromatic carbocycles. The maximum atomic E-state index is 12.3. The summed E-state index contributed by atoms with van der Waals surface area (Å²) in [5, 5.41) is 0. The Labute approximate surface area is 167 Å². The van der Waals surface area contributed by atoms with Crippen LogP contribution in [0.5, 0.6) is 0 Å². The first kappa shape index (κ1) is 23.6. The van der Waals surface area contributed by atoms with Crippen molar-refractivity contribution in [2.75, 3.05) is 0 Å². The van der Waals surface area contributed by atoms with Crippen LogP contribution in [0.4, 0.5) is 0 Å². The van der Waals surface area contributed by atoms with Gasteiger partial charge in [-0.05, 0) is 24.8 Å². The minimum atomic E-state index is -0.0305. The lowest BCUT2D eigenvalue weighted by molar-refractivity contribution is -0.118. The molecule has 0 bridgehead atoms. The van der Waals surface area contributed by atoms with Crippen molar-refractivity contribution in [1.29, 1.82) is 0 Å². The molecule has 1 rings (SSSR count). The van der Waals surface area contributed by atoms with E-state index in [2.05, 4.69) is 26.0 Å². The summed E-state index contributed by atoms with van der Waals surface area (Å²) in [5.74, 6) is 0.0590. The Morgan fingerprint density at radius 3 is 1.78 bits per heavy atom. The van der Waals surface area contributed by atoms with E-state index in [4.69, 9.17) is 0 Å². The van der Waals surface area contributed by atoms with Crippen LogP contribution in [0.15, 0.2) is 24.3 Å². The van der Waals surface area contributed by atoms with Crippen LogP contribution < -0.4 is 0 Å². The number of rotatable bonds is 17. The van der Waals surface area contributed by atoms with Crippen LogP contribution in [0.2, 0.25) is 0 Å². The Morgan fingerprint density at radius 1 is 0.667 bits per heavy atom. The predicted octanol–water partition coefficient (Wildman–Crippen LogP) is 7.48. The highest BCUT2D eigenvalue weighted by molar-refractivity contribution is 6.07. The summed E-state index contributed by atoms with van der Waals surface area (Å²) in [7, 11) is 0. The monoisotopic (exact) mass is 372 g/mol. The number of hydrogen-bond donors (Lipinski definition) is 0. The molecule has 0 saturated carbocycles. The quantitative estimate of drug-likeness (QED) is 0.161. The fourth-order valence-corrected chi connectivity index (χ4v) is 3.44. The molecule has 1 aromatic rings. The lowest BCUT2D eigenvalue weighted by Crippen LogP contribution is -2.08. The minimum Gasteiger partial charge on any atom is -0.299 e. The Kier molecular flexibility index (Phi) is 13.6. The average molecular weight is 373 g/mol. The fraction of sp³-hybridized carbons (Fsp3) is 0.680. The van der Waals surface area contributed by atoms with Gasteiger partial charge in [-0.2, -0.15) is 0 Å². The molecular formula is C25H40O2. The van der Waals surface area contributed by atoms with Gasteiger partial charge in [-0.25, -0.2) is 0 Å². The highest BCUT2D eigenvalue weighted by atomic mass is 16.1. The number of aryl methyl sites for hydroxylation is 1. The molecule has 0 aliphatic carbocycles. The third-order valence-corrected chi connectivity index (χ3v) is 5.26. The molecule has 0 unspecified atom stereocenters. The zero-order valence-corrected chi connectivity index (χ0v) is 17.7. The van der Waals surface area contributed by atoms with Crippen molar-refractivity contribution in [3.05, 3.63) is 35.4 Å². The van der Waals surface area contributed by atoms with E-state index in [1.165, 1.54) is 69.8 Å². The molecule has 2 heteroatoms. The zero-order chi connectivity index (χ0) is 19.7. The van der Waals surface area contributed by atoms with Crippen LogP contribution in [0.3, 0.4) is 0 Å². The number of hydrogen-bond acceptors (Lipinski definition) is 2. The predicted molar refractivity (Wildman–Crippen MR) is 115 cm³/mol. The second-order valence-corrected chi connectivity index (χ2v) is 7.87. The number of carbonyl (C=O) groups is 2. The van der Waals surface area contributed by atoms with Gasteiger partial charge in [-0.3, -0.25) is 9.59 Å². The van der Waals surface area contributed by atoms with E-state index in [1.54, 1.807) is 0 Å². The van der Waals surface area contributed by atoms with Crippen molar-refractivity contribution in [3.8, 4) is 0 Å². The van der Waals surface area contributed by atoms with E-state index < -0.39 is 0 Å². The number of unbranched alkanes of at least 4 members (excludes halogenated alkanes) is 10. The highest BCUT2D eigenvalue weighted by Crippen LogP contribution is 2.13. The van der Waals surface area contributed by atoms with Crippen LogP contribution in [-0.2, 0) is 11.2 Å². The molecule has 27 heavy (non-hydrogen) atoms. The molecule has 0 radical (unpaired) electrons. The van der Waals surface area contributed by atoms with Crippen LogP contribution in [0.1, 0.15) is 120 Å². The van der Waals surface area contributed by atoms with Gasteiger partial charge in [0, 0.05) is 12.0 Å². The molecule has 0 N–H and O–H groups in total. The Hall–Kier alpha value is -1.44. The Bertz CT molecular complexity index is 516. The second-order valence-electron chi connectivity index (χ2n) is 7.87. The van der Waals surface area contributed by atoms with Crippen molar-refractivity contribution in [2.45, 2.75) is 110 Å². The summed E-state index contributed by atoms with van der Waals surface area (Å²) in [4.78, 5) is 24.3. The molecular weight excluding hydrogens is 332 g/mol. The first-order valence-corrected chi connectivity index (χ1v) is 11.3. The second kappa shape index (κ2) is 15.6. The van der Waals surface area contributed by atoms with E-state index in [0.717, 1.165) is 19.3 Å². The standard InChI is InChI=1S/C25H40O2/c1-3-5-7-9-11-13-15-22-17-19-23(20-18-22)25(27)21-24(26)16-14-12-10-8-6-4-2/h17-20H,3-16,21H2,1-2H3. The van der Waals surface area contributed by atoms with Gasteiger partial charge in [0.15, 0.2) is 5.78 Å². The van der Waals surface area contributed by atoms with E-state index in [-0.39, 0.29) is 18.0 Å². The highest BCUT2D eigenvalue weighted by Gasteiger charge is 2.11. The van der Waals surface area contributed by atoms with Crippen LogP contribution in [0, 0.1) is 0 Å². The molecule has 0 spiro atoms. The maximum Gasteiger partial charge on any atom is 0.170 e. The number of Topliss-reactive ketones (excluding diaryl/α,β-unsaturated/α-hetero) is 2. The van der Waals surface area contributed by atoms with Crippen LogP contribution in [0.25, 0.3) is 0 Å². The average Bonchev–Trinajstić information content (AvgIpc) is 2.67.